The van der Waals surface area contributed by atoms with Gasteiger partial charge in [0.15, 0.2) is 0 Å². The largest absolute Gasteiger partial charge is 0.496 e. The number of ether oxygens (including phenoxy) is 2. The fourth-order valence-electron chi connectivity index (χ4n) is 2.04. The van der Waals surface area contributed by atoms with Gasteiger partial charge in [0.1, 0.15) is 11.4 Å². The Morgan fingerprint density at radius 3 is 2.70 bits per heavy atom. The zero-order chi connectivity index (χ0) is 16.5. The van der Waals surface area contributed by atoms with Gasteiger partial charge in [-0.2, -0.15) is 0 Å². The van der Waals surface area contributed by atoms with Crippen LogP contribution in [0.3, 0.4) is 0 Å². The van der Waals surface area contributed by atoms with Gasteiger partial charge in [-0.1, -0.05) is 18.2 Å². The minimum Gasteiger partial charge on any atom is -0.496 e. The van der Waals surface area contributed by atoms with Crippen LogP contribution in [0, 0.1) is 0 Å². The van der Waals surface area contributed by atoms with Crippen LogP contribution in [0.2, 0.25) is 0 Å². The Labute approximate surface area is 135 Å². The molecule has 0 aliphatic heterocycles. The number of carbonyl (C=O) groups is 1. The van der Waals surface area contributed by atoms with E-state index in [1.807, 2.05) is 30.3 Å². The number of amides is 1. The Bertz CT molecular complexity index is 629. The maximum Gasteiger partial charge on any atom is 0.269 e. The monoisotopic (exact) mass is 315 g/mol. The molecule has 0 saturated carbocycles. The molecule has 2 rings (SSSR count). The quantitative estimate of drug-likeness (QED) is 0.730. The molecule has 0 aliphatic rings. The summed E-state index contributed by atoms with van der Waals surface area (Å²) in [5.74, 6) is 0.625. The van der Waals surface area contributed by atoms with Crippen molar-refractivity contribution in [3.05, 3.63) is 53.9 Å². The van der Waals surface area contributed by atoms with Gasteiger partial charge >= 0.3 is 0 Å². The molecule has 0 unspecified atom stereocenters. The van der Waals surface area contributed by atoms with Gasteiger partial charge in [-0.25, -0.2) is 4.98 Å². The summed E-state index contributed by atoms with van der Waals surface area (Å²) in [4.78, 5) is 16.0. The highest BCUT2D eigenvalue weighted by atomic mass is 16.5. The summed E-state index contributed by atoms with van der Waals surface area (Å²) in [5, 5.41) is 5.99. The summed E-state index contributed by atoms with van der Waals surface area (Å²) in [6.07, 6.45) is 1.64. The molecule has 23 heavy (non-hydrogen) atoms. The van der Waals surface area contributed by atoms with Gasteiger partial charge in [0.2, 0.25) is 0 Å². The number of nitrogens with one attached hydrogen (secondary N) is 2. The Balaban J connectivity index is 1.91. The van der Waals surface area contributed by atoms with Crippen molar-refractivity contribution in [2.24, 2.45) is 0 Å². The molecule has 1 aromatic heterocycles. The molecule has 0 atom stereocenters. The van der Waals surface area contributed by atoms with Crippen LogP contribution in [0.5, 0.6) is 5.75 Å². The van der Waals surface area contributed by atoms with Crippen molar-refractivity contribution in [1.29, 1.82) is 0 Å². The third-order valence-corrected chi connectivity index (χ3v) is 3.26. The first-order valence-electron chi connectivity index (χ1n) is 7.33. The van der Waals surface area contributed by atoms with E-state index < -0.39 is 0 Å². The number of anilines is 1. The summed E-state index contributed by atoms with van der Waals surface area (Å²) < 4.78 is 10.2. The highest BCUT2D eigenvalue weighted by Gasteiger charge is 2.06. The molecule has 6 nitrogen and oxygen atoms in total. The van der Waals surface area contributed by atoms with Gasteiger partial charge in [0.25, 0.3) is 5.91 Å². The van der Waals surface area contributed by atoms with E-state index in [0.717, 1.165) is 17.0 Å². The van der Waals surface area contributed by atoms with Crippen LogP contribution in [0.15, 0.2) is 42.6 Å². The Kier molecular flexibility index (Phi) is 6.38. The van der Waals surface area contributed by atoms with E-state index >= 15 is 0 Å². The Morgan fingerprint density at radius 1 is 1.17 bits per heavy atom. The maximum absolute atomic E-state index is 11.8. The first kappa shape index (κ1) is 16.8. The van der Waals surface area contributed by atoms with Crippen molar-refractivity contribution >= 4 is 11.6 Å². The second kappa shape index (κ2) is 8.75. The molecule has 0 aliphatic carbocycles. The van der Waals surface area contributed by atoms with Crippen molar-refractivity contribution in [2.45, 2.75) is 6.54 Å². The van der Waals surface area contributed by atoms with Gasteiger partial charge in [0, 0.05) is 25.8 Å². The second-order valence-corrected chi connectivity index (χ2v) is 4.85. The molecule has 2 aromatic rings. The van der Waals surface area contributed by atoms with Crippen LogP contribution in [0.4, 0.5) is 5.69 Å². The van der Waals surface area contributed by atoms with Crippen LogP contribution in [-0.4, -0.2) is 38.3 Å². The van der Waals surface area contributed by atoms with Crippen LogP contribution in [0.25, 0.3) is 0 Å². The lowest BCUT2D eigenvalue weighted by atomic mass is 10.2. The lowest BCUT2D eigenvalue weighted by Crippen LogP contribution is -2.27. The van der Waals surface area contributed by atoms with Crippen molar-refractivity contribution in [3.63, 3.8) is 0 Å². The topological polar surface area (TPSA) is 72.5 Å². The highest BCUT2D eigenvalue weighted by molar-refractivity contribution is 5.92. The lowest BCUT2D eigenvalue weighted by molar-refractivity contribution is 0.0932. The maximum atomic E-state index is 11.8. The van der Waals surface area contributed by atoms with E-state index in [2.05, 4.69) is 15.6 Å². The van der Waals surface area contributed by atoms with Crippen molar-refractivity contribution < 1.29 is 14.3 Å². The van der Waals surface area contributed by atoms with Crippen LogP contribution >= 0.6 is 0 Å². The molecule has 0 spiro atoms. The summed E-state index contributed by atoms with van der Waals surface area (Å²) in [6.45, 7) is 1.56. The standard InChI is InChI=1S/C17H21N3O3/c1-22-10-9-18-17(21)15-8-7-14(12-20-15)19-11-13-5-3-4-6-16(13)23-2/h3-8,12,19H,9-11H2,1-2H3,(H,18,21). The predicted molar refractivity (Wildman–Crippen MR) is 88.8 cm³/mol. The average Bonchev–Trinajstić information content (AvgIpc) is 2.60. The average molecular weight is 315 g/mol. The summed E-state index contributed by atoms with van der Waals surface area (Å²) in [7, 11) is 3.24. The van der Waals surface area contributed by atoms with E-state index in [-0.39, 0.29) is 5.91 Å². The van der Waals surface area contributed by atoms with Crippen LogP contribution in [-0.2, 0) is 11.3 Å². The second-order valence-electron chi connectivity index (χ2n) is 4.85. The molecule has 2 N–H and O–H groups in total. The zero-order valence-electron chi connectivity index (χ0n) is 13.3. The third kappa shape index (κ3) is 4.96. The molecule has 0 radical (unpaired) electrons. The Morgan fingerprint density at radius 2 is 2.00 bits per heavy atom. The zero-order valence-corrected chi connectivity index (χ0v) is 13.3. The normalized spacial score (nSPS) is 10.2. The molecular weight excluding hydrogens is 294 g/mol. The Hall–Kier alpha value is -2.60. The van der Waals surface area contributed by atoms with E-state index in [1.54, 1.807) is 26.5 Å². The third-order valence-electron chi connectivity index (χ3n) is 3.26. The molecule has 0 bridgehead atoms. The summed E-state index contributed by atoms with van der Waals surface area (Å²) in [5.41, 5.74) is 2.27. The number of methoxy groups -OCH3 is 2. The van der Waals surface area contributed by atoms with Gasteiger partial charge in [-0.05, 0) is 18.2 Å². The SMILES string of the molecule is COCCNC(=O)c1ccc(NCc2ccccc2OC)cn1. The molecule has 6 heteroatoms. The number of carbonyl (C=O) groups excluding carboxylic acids is 1. The van der Waals surface area contributed by atoms with Crippen molar-refractivity contribution in [2.75, 3.05) is 32.7 Å². The number of hydrogen-bond acceptors (Lipinski definition) is 5. The first-order chi connectivity index (χ1) is 11.2. The molecule has 122 valence electrons. The van der Waals surface area contributed by atoms with Crippen LogP contribution < -0.4 is 15.4 Å². The molecule has 1 aromatic carbocycles. The van der Waals surface area contributed by atoms with Gasteiger partial charge in [-0.15, -0.1) is 0 Å². The smallest absolute Gasteiger partial charge is 0.269 e. The number of nitrogens with zero attached hydrogens (tertiary/aromatic N) is 1. The van der Waals surface area contributed by atoms with E-state index in [0.29, 0.717) is 25.4 Å². The molecule has 0 saturated heterocycles. The van der Waals surface area contributed by atoms with E-state index in [4.69, 9.17) is 9.47 Å². The number of rotatable bonds is 8. The van der Waals surface area contributed by atoms with Crippen molar-refractivity contribution in [1.82, 2.24) is 10.3 Å². The minimum atomic E-state index is -0.210. The van der Waals surface area contributed by atoms with Gasteiger partial charge in [-0.3, -0.25) is 4.79 Å². The molecule has 0 fully saturated rings. The predicted octanol–water partition coefficient (Wildman–Crippen LogP) is 2.08. The number of hydrogen-bond donors (Lipinski definition) is 2. The van der Waals surface area contributed by atoms with Crippen molar-refractivity contribution in [3.8, 4) is 5.75 Å². The lowest BCUT2D eigenvalue weighted by Gasteiger charge is -2.10. The molecular formula is C17H21N3O3. The number of pyridine rings is 1. The fraction of sp³-hybridized carbons (Fsp3) is 0.294. The minimum absolute atomic E-state index is 0.210. The van der Waals surface area contributed by atoms with Gasteiger partial charge in [0.05, 0.1) is 25.6 Å². The fourth-order valence-corrected chi connectivity index (χ4v) is 2.04. The van der Waals surface area contributed by atoms with E-state index in [9.17, 15) is 4.79 Å². The van der Waals surface area contributed by atoms with E-state index in [1.165, 1.54) is 0 Å². The van der Waals surface area contributed by atoms with Crippen LogP contribution in [0.1, 0.15) is 16.1 Å². The van der Waals surface area contributed by atoms with Gasteiger partial charge < -0.3 is 20.1 Å². The summed E-state index contributed by atoms with van der Waals surface area (Å²) >= 11 is 0. The molecule has 1 amide bonds. The summed E-state index contributed by atoms with van der Waals surface area (Å²) in [6, 6.07) is 11.3. The number of aromatic nitrogens is 1. The first-order valence-corrected chi connectivity index (χ1v) is 7.33. The molecule has 1 heterocycles. The number of benzene rings is 1. The highest BCUT2D eigenvalue weighted by Crippen LogP contribution is 2.18. The number of para-hydroxylation sites is 1.